The van der Waals surface area contributed by atoms with Crippen LogP contribution in [0.4, 0.5) is 5.69 Å². The van der Waals surface area contributed by atoms with Gasteiger partial charge in [0.25, 0.3) is 0 Å². The summed E-state index contributed by atoms with van der Waals surface area (Å²) in [5, 5.41) is 11.6. The molecule has 106 valence electrons. The van der Waals surface area contributed by atoms with Crippen molar-refractivity contribution < 1.29 is 0 Å². The second-order valence-corrected chi connectivity index (χ2v) is 5.88. The second-order valence-electron chi connectivity index (χ2n) is 5.88. The highest BCUT2D eigenvalue weighted by atomic mass is 15.4. The van der Waals surface area contributed by atoms with Crippen molar-refractivity contribution in [2.75, 3.05) is 11.9 Å². The highest BCUT2D eigenvalue weighted by molar-refractivity contribution is 5.60. The van der Waals surface area contributed by atoms with Crippen molar-refractivity contribution in [3.8, 4) is 5.69 Å². The van der Waals surface area contributed by atoms with Crippen LogP contribution in [0.15, 0.2) is 36.7 Å². The maximum absolute atomic E-state index is 4.08. The Bertz CT molecular complexity index is 535. The van der Waals surface area contributed by atoms with Gasteiger partial charge >= 0.3 is 0 Å². The molecule has 1 saturated carbocycles. The molecule has 1 N–H and O–H groups in total. The lowest BCUT2D eigenvalue weighted by Gasteiger charge is -2.27. The first-order chi connectivity index (χ1) is 9.83. The van der Waals surface area contributed by atoms with E-state index in [-0.39, 0.29) is 0 Å². The molecule has 0 aliphatic heterocycles. The van der Waals surface area contributed by atoms with Crippen molar-refractivity contribution in [3.05, 3.63) is 36.7 Å². The standard InChI is InChI=1S/C16H22N4/c1-13-5-4-6-14(11-13)12-17-15-7-2-3-8-16(15)20-10-9-18-19-20/h2-3,7-10,13-14,17H,4-6,11-12H2,1H3. The molecule has 3 rings (SSSR count). The summed E-state index contributed by atoms with van der Waals surface area (Å²) in [6.45, 7) is 3.42. The van der Waals surface area contributed by atoms with Gasteiger partial charge in [0.05, 0.1) is 23.8 Å². The molecule has 1 aromatic carbocycles. The van der Waals surface area contributed by atoms with Crippen molar-refractivity contribution in [2.45, 2.75) is 32.6 Å². The van der Waals surface area contributed by atoms with Crippen molar-refractivity contribution in [1.29, 1.82) is 0 Å². The summed E-state index contributed by atoms with van der Waals surface area (Å²) in [6, 6.07) is 8.28. The van der Waals surface area contributed by atoms with Gasteiger partial charge < -0.3 is 5.32 Å². The van der Waals surface area contributed by atoms with Crippen LogP contribution in [-0.2, 0) is 0 Å². The van der Waals surface area contributed by atoms with Crippen LogP contribution in [0.1, 0.15) is 32.6 Å². The van der Waals surface area contributed by atoms with E-state index in [0.29, 0.717) is 0 Å². The van der Waals surface area contributed by atoms with Crippen molar-refractivity contribution in [3.63, 3.8) is 0 Å². The molecule has 1 aromatic heterocycles. The van der Waals surface area contributed by atoms with Crippen molar-refractivity contribution in [1.82, 2.24) is 15.0 Å². The van der Waals surface area contributed by atoms with E-state index in [1.165, 1.54) is 25.7 Å². The first-order valence-corrected chi connectivity index (χ1v) is 7.52. The van der Waals surface area contributed by atoms with Gasteiger partial charge in [-0.15, -0.1) is 5.10 Å². The third-order valence-corrected chi connectivity index (χ3v) is 4.20. The molecule has 1 fully saturated rings. The zero-order valence-electron chi connectivity index (χ0n) is 12.0. The Hall–Kier alpha value is -1.84. The zero-order chi connectivity index (χ0) is 13.8. The molecular formula is C16H22N4. The highest BCUT2D eigenvalue weighted by Crippen LogP contribution is 2.29. The molecule has 0 spiro atoms. The molecule has 0 bridgehead atoms. The minimum Gasteiger partial charge on any atom is -0.383 e. The Morgan fingerprint density at radius 3 is 3.00 bits per heavy atom. The Balaban J connectivity index is 1.68. The summed E-state index contributed by atoms with van der Waals surface area (Å²) >= 11 is 0. The largest absolute Gasteiger partial charge is 0.383 e. The minimum absolute atomic E-state index is 0.794. The predicted octanol–water partition coefficient (Wildman–Crippen LogP) is 3.51. The Labute approximate surface area is 120 Å². The van der Waals surface area contributed by atoms with Crippen LogP contribution in [0.3, 0.4) is 0 Å². The number of para-hydroxylation sites is 2. The molecule has 4 heteroatoms. The van der Waals surface area contributed by atoms with Crippen LogP contribution >= 0.6 is 0 Å². The molecule has 2 aromatic rings. The Kier molecular flexibility index (Phi) is 4.00. The van der Waals surface area contributed by atoms with Crippen LogP contribution in [0.25, 0.3) is 5.69 Å². The molecule has 0 amide bonds. The van der Waals surface area contributed by atoms with Crippen LogP contribution in [0, 0.1) is 11.8 Å². The number of rotatable bonds is 4. The van der Waals surface area contributed by atoms with Crippen LogP contribution in [0.5, 0.6) is 0 Å². The van der Waals surface area contributed by atoms with E-state index in [0.717, 1.165) is 29.8 Å². The quantitative estimate of drug-likeness (QED) is 0.924. The molecule has 0 saturated heterocycles. The van der Waals surface area contributed by atoms with Crippen LogP contribution < -0.4 is 5.32 Å². The maximum Gasteiger partial charge on any atom is 0.0894 e. The van der Waals surface area contributed by atoms with Crippen molar-refractivity contribution >= 4 is 5.69 Å². The third kappa shape index (κ3) is 3.00. The van der Waals surface area contributed by atoms with E-state index < -0.39 is 0 Å². The van der Waals surface area contributed by atoms with E-state index in [2.05, 4.69) is 40.8 Å². The Morgan fingerprint density at radius 2 is 2.20 bits per heavy atom. The van der Waals surface area contributed by atoms with E-state index in [1.54, 1.807) is 6.20 Å². The number of nitrogens with one attached hydrogen (secondary N) is 1. The summed E-state index contributed by atoms with van der Waals surface area (Å²) in [6.07, 6.45) is 9.05. The number of benzene rings is 1. The van der Waals surface area contributed by atoms with E-state index in [9.17, 15) is 0 Å². The fourth-order valence-electron chi connectivity index (χ4n) is 3.16. The summed E-state index contributed by atoms with van der Waals surface area (Å²) in [5.41, 5.74) is 2.20. The van der Waals surface area contributed by atoms with E-state index >= 15 is 0 Å². The molecule has 2 atom stereocenters. The summed E-state index contributed by atoms with van der Waals surface area (Å²) in [5.74, 6) is 1.67. The monoisotopic (exact) mass is 270 g/mol. The molecule has 4 nitrogen and oxygen atoms in total. The first-order valence-electron chi connectivity index (χ1n) is 7.52. The van der Waals surface area contributed by atoms with Gasteiger partial charge in [-0.25, -0.2) is 4.68 Å². The van der Waals surface area contributed by atoms with Gasteiger partial charge in [-0.05, 0) is 36.8 Å². The van der Waals surface area contributed by atoms with Gasteiger partial charge in [0.1, 0.15) is 0 Å². The predicted molar refractivity (Wildman–Crippen MR) is 81.0 cm³/mol. The van der Waals surface area contributed by atoms with E-state index in [1.807, 2.05) is 16.9 Å². The second kappa shape index (κ2) is 6.07. The molecule has 0 radical (unpaired) electrons. The van der Waals surface area contributed by atoms with Gasteiger partial charge in [-0.2, -0.15) is 0 Å². The third-order valence-electron chi connectivity index (χ3n) is 4.20. The minimum atomic E-state index is 0.794. The smallest absolute Gasteiger partial charge is 0.0894 e. The number of anilines is 1. The average Bonchev–Trinajstić information content (AvgIpc) is 3.00. The lowest BCUT2D eigenvalue weighted by molar-refractivity contribution is 0.293. The molecule has 1 aliphatic rings. The maximum atomic E-state index is 4.08. The lowest BCUT2D eigenvalue weighted by Crippen LogP contribution is -2.21. The zero-order valence-corrected chi connectivity index (χ0v) is 12.0. The van der Waals surface area contributed by atoms with Gasteiger partial charge in [0.15, 0.2) is 0 Å². The number of aromatic nitrogens is 3. The van der Waals surface area contributed by atoms with E-state index in [4.69, 9.17) is 0 Å². The number of hydrogen-bond acceptors (Lipinski definition) is 3. The van der Waals surface area contributed by atoms with Crippen LogP contribution in [0.2, 0.25) is 0 Å². The molecule has 1 heterocycles. The molecule has 1 aliphatic carbocycles. The highest BCUT2D eigenvalue weighted by Gasteiger charge is 2.18. The molecule has 20 heavy (non-hydrogen) atoms. The average molecular weight is 270 g/mol. The first kappa shape index (κ1) is 13.2. The summed E-state index contributed by atoms with van der Waals surface area (Å²) in [4.78, 5) is 0. The number of hydrogen-bond donors (Lipinski definition) is 1. The Morgan fingerprint density at radius 1 is 1.30 bits per heavy atom. The number of nitrogens with zero attached hydrogens (tertiary/aromatic N) is 3. The molecule has 2 unspecified atom stereocenters. The van der Waals surface area contributed by atoms with Gasteiger partial charge in [0.2, 0.25) is 0 Å². The molecular weight excluding hydrogens is 248 g/mol. The fourth-order valence-corrected chi connectivity index (χ4v) is 3.16. The summed E-state index contributed by atoms with van der Waals surface area (Å²) in [7, 11) is 0. The summed E-state index contributed by atoms with van der Waals surface area (Å²) < 4.78 is 1.81. The van der Waals surface area contributed by atoms with Gasteiger partial charge in [0, 0.05) is 6.54 Å². The lowest BCUT2D eigenvalue weighted by atomic mass is 9.82. The topological polar surface area (TPSA) is 42.7 Å². The SMILES string of the molecule is CC1CCCC(CNc2ccccc2-n2ccnn2)C1. The normalized spacial score (nSPS) is 22.6. The van der Waals surface area contributed by atoms with Gasteiger partial charge in [-0.3, -0.25) is 0 Å². The van der Waals surface area contributed by atoms with Crippen molar-refractivity contribution in [2.24, 2.45) is 11.8 Å². The fraction of sp³-hybridized carbons (Fsp3) is 0.500. The van der Waals surface area contributed by atoms with Gasteiger partial charge in [-0.1, -0.05) is 37.1 Å². The van der Waals surface area contributed by atoms with Crippen LogP contribution in [-0.4, -0.2) is 21.5 Å².